The fourth-order valence-corrected chi connectivity index (χ4v) is 12.1. The lowest BCUT2D eigenvalue weighted by molar-refractivity contribution is 0.312. The van der Waals surface area contributed by atoms with E-state index in [0.717, 1.165) is 36.4 Å². The molecule has 0 unspecified atom stereocenters. The Hall–Kier alpha value is -1.97. The molecule has 32 heavy (non-hydrogen) atoms. The van der Waals surface area contributed by atoms with E-state index in [1.54, 1.807) is 48.5 Å². The molecule has 0 fully saturated rings. The first-order valence-electron chi connectivity index (χ1n) is 10.2. The normalized spacial score (nSPS) is 10.9. The first-order valence-corrected chi connectivity index (χ1v) is 16.4. The molecule has 2 aromatic rings. The van der Waals surface area contributed by atoms with Gasteiger partial charge in [-0.15, -0.1) is 0 Å². The van der Waals surface area contributed by atoms with Gasteiger partial charge in [0.25, 0.3) is 0 Å². The van der Waals surface area contributed by atoms with Crippen LogP contribution in [0.1, 0.15) is 35.1 Å². The Morgan fingerprint density at radius 1 is 0.594 bits per heavy atom. The predicted molar refractivity (Wildman–Crippen MR) is 142 cm³/mol. The molecule has 0 amide bonds. The summed E-state index contributed by atoms with van der Waals surface area (Å²) in [5.41, 5.74) is 0. The summed E-state index contributed by atoms with van der Waals surface area (Å²) in [4.78, 5) is 0. The first-order chi connectivity index (χ1) is 13.7. The fraction of sp³-hybridized carbons (Fsp3) is 0.520. The van der Waals surface area contributed by atoms with Crippen LogP contribution in [0, 0.1) is 0 Å². The number of phenols is 2. The quantitative estimate of drug-likeness (QED) is 0.240. The van der Waals surface area contributed by atoms with Gasteiger partial charge in [0.15, 0.2) is 16.6 Å². The molecule has 0 atom stereocenters. The van der Waals surface area contributed by atoms with Crippen LogP contribution in [-0.4, -0.2) is 40.1 Å². The van der Waals surface area contributed by atoms with Crippen LogP contribution >= 0.6 is 0 Å². The highest BCUT2D eigenvalue weighted by molar-refractivity contribution is 6.84. The Balaban J connectivity index is 0. The van der Waals surface area contributed by atoms with Crippen molar-refractivity contribution in [3.05, 3.63) is 48.5 Å². The zero-order valence-electron chi connectivity index (χ0n) is 18.0. The Morgan fingerprint density at radius 3 is 1.22 bits per heavy atom. The summed E-state index contributed by atoms with van der Waals surface area (Å²) >= 11 is 0. The smallest absolute Gasteiger partial charge is 0.173 e. The highest BCUT2D eigenvalue weighted by Crippen LogP contribution is 2.25. The minimum Gasteiger partial charge on any atom is -0.508 e. The van der Waals surface area contributed by atoms with Crippen molar-refractivity contribution >= 4 is 16.6 Å². The molecule has 2 rings (SSSR count). The number of hydrogen-bond donors (Lipinski definition) is 2. The molecular weight excluding hydrogens is 436 g/mol. The maximum atomic E-state index is 9.31. The molecule has 184 valence electrons. The van der Waals surface area contributed by atoms with Gasteiger partial charge in [-0.3, -0.25) is 0 Å². The largest absolute Gasteiger partial charge is 0.508 e. The van der Waals surface area contributed by atoms with Gasteiger partial charge in [0.05, 0.1) is 13.2 Å². The van der Waals surface area contributed by atoms with Crippen LogP contribution in [0.25, 0.3) is 0 Å². The number of phenolic OH excluding ortho intramolecular Hbond substituents is 2. The predicted octanol–water partition coefficient (Wildman–Crippen LogP) is 7.67. The Kier molecular flexibility index (Phi) is 15.1. The van der Waals surface area contributed by atoms with Gasteiger partial charge in [0.2, 0.25) is 0 Å². The second kappa shape index (κ2) is 15.0. The van der Waals surface area contributed by atoms with Crippen LogP contribution < -0.4 is 9.47 Å². The molecule has 0 aliphatic carbocycles. The lowest BCUT2D eigenvalue weighted by Gasteiger charge is -2.34. The van der Waals surface area contributed by atoms with Crippen molar-refractivity contribution in [3.8, 4) is 23.0 Å². The topological polar surface area (TPSA) is 68.2 Å². The molecule has 0 heterocycles. The van der Waals surface area contributed by atoms with Crippen LogP contribution in [0.15, 0.2) is 48.5 Å². The van der Waals surface area contributed by atoms with E-state index in [9.17, 15) is 10.2 Å². The molecule has 0 aromatic heterocycles. The van der Waals surface area contributed by atoms with E-state index >= 15 is 0 Å². The van der Waals surface area contributed by atoms with Crippen molar-refractivity contribution < 1.29 is 23.8 Å². The van der Waals surface area contributed by atoms with E-state index in [1.165, 1.54) is 0 Å². The van der Waals surface area contributed by atoms with Crippen molar-refractivity contribution in [3.63, 3.8) is 0 Å². The molecule has 7 heteroatoms. The van der Waals surface area contributed by atoms with Crippen LogP contribution in [0.5, 0.6) is 23.0 Å². The molecule has 0 saturated heterocycles. The molecule has 0 radical (unpaired) electrons. The van der Waals surface area contributed by atoms with Gasteiger partial charge >= 0.3 is 0 Å². The molecule has 0 aliphatic rings. The van der Waals surface area contributed by atoms with Gasteiger partial charge in [-0.25, -0.2) is 0 Å². The van der Waals surface area contributed by atoms with Crippen molar-refractivity contribution in [1.29, 1.82) is 0 Å². The molecule has 0 aliphatic heterocycles. The van der Waals surface area contributed by atoms with E-state index in [0.29, 0.717) is 13.2 Å². The second-order valence-electron chi connectivity index (χ2n) is 8.51. The zero-order chi connectivity index (χ0) is 21.3. The highest BCUT2D eigenvalue weighted by atomic mass is 28.4. The van der Waals surface area contributed by atoms with E-state index < -0.39 is 16.6 Å². The molecular formula is C25H46O5Si2. The van der Waals surface area contributed by atoms with Gasteiger partial charge in [-0.2, -0.15) is 0 Å². The van der Waals surface area contributed by atoms with Gasteiger partial charge in [0.1, 0.15) is 23.0 Å². The van der Waals surface area contributed by atoms with Crippen molar-refractivity contribution in [2.45, 2.75) is 73.4 Å². The third-order valence-corrected chi connectivity index (χ3v) is 12.1. The molecule has 0 bridgehead atoms. The zero-order valence-corrected chi connectivity index (χ0v) is 20.0. The molecule has 2 aromatic carbocycles. The van der Waals surface area contributed by atoms with Gasteiger partial charge in [0, 0.05) is 0 Å². The molecule has 0 spiro atoms. The molecule has 2 N–H and O–H groups in total. The van der Waals surface area contributed by atoms with Crippen LogP contribution in [-0.2, 0) is 4.12 Å². The number of ether oxygens (including phenoxy) is 2. The van der Waals surface area contributed by atoms with Crippen molar-refractivity contribution in [2.24, 2.45) is 0 Å². The van der Waals surface area contributed by atoms with E-state index in [2.05, 4.69) is 26.2 Å². The number of benzene rings is 2. The average molecular weight is 483 g/mol. The molecule has 5 nitrogen and oxygen atoms in total. The summed E-state index contributed by atoms with van der Waals surface area (Å²) in [6, 6.07) is 15.8. The van der Waals surface area contributed by atoms with Gasteiger partial charge < -0.3 is 23.8 Å². The number of aromatic hydroxyl groups is 2. The maximum absolute atomic E-state index is 9.31. The summed E-state index contributed by atoms with van der Waals surface area (Å²) in [6.07, 6.45) is 1.93. The van der Waals surface area contributed by atoms with Crippen LogP contribution in [0.3, 0.4) is 0 Å². The van der Waals surface area contributed by atoms with E-state index in [1.807, 2.05) is 0 Å². The van der Waals surface area contributed by atoms with E-state index in [4.69, 9.17) is 13.6 Å². The van der Waals surface area contributed by atoms with Crippen molar-refractivity contribution in [1.82, 2.24) is 0 Å². The lowest BCUT2D eigenvalue weighted by atomic mass is 10.3. The minimum atomic E-state index is -1.74. The summed E-state index contributed by atoms with van der Waals surface area (Å²) < 4.78 is 18.2. The van der Waals surface area contributed by atoms with Crippen LogP contribution in [0.2, 0.25) is 38.3 Å². The van der Waals surface area contributed by atoms with Gasteiger partial charge in [-0.05, 0) is 99.6 Å². The third-order valence-electron chi connectivity index (χ3n) is 4.61. The first kappa shape index (κ1) is 32.2. The number of rotatable bonds is 12. The summed E-state index contributed by atoms with van der Waals surface area (Å²) in [5, 5.41) is 18.6. The Labute approximate surface area is 198 Å². The standard InChI is InChI=1S/C22H34O5Si2.3CH4/c1-28(2,17-5-15-25-21-11-7-19(23)8-12-21)27-29(3,4)18-6-16-26-22-13-9-20(24)10-14-22;;;/h7-14,23-24H,5-6,15-18H2,1-4H3;3*1H4. The Bertz CT molecular complexity index is 668. The van der Waals surface area contributed by atoms with Crippen LogP contribution in [0.4, 0.5) is 0 Å². The number of hydrogen-bond acceptors (Lipinski definition) is 5. The summed E-state index contributed by atoms with van der Waals surface area (Å²) in [5.74, 6) is 2.07. The minimum absolute atomic E-state index is 0. The second-order valence-corrected chi connectivity index (χ2v) is 17.4. The average Bonchev–Trinajstić information content (AvgIpc) is 2.64. The summed E-state index contributed by atoms with van der Waals surface area (Å²) in [7, 11) is -3.49. The third kappa shape index (κ3) is 12.8. The maximum Gasteiger partial charge on any atom is 0.173 e. The highest BCUT2D eigenvalue weighted by Gasteiger charge is 2.32. The van der Waals surface area contributed by atoms with Gasteiger partial charge in [-0.1, -0.05) is 22.3 Å². The van der Waals surface area contributed by atoms with E-state index in [-0.39, 0.29) is 33.8 Å². The monoisotopic (exact) mass is 482 g/mol. The Morgan fingerprint density at radius 2 is 0.906 bits per heavy atom. The van der Waals surface area contributed by atoms with Crippen molar-refractivity contribution in [2.75, 3.05) is 13.2 Å². The lowest BCUT2D eigenvalue weighted by Crippen LogP contribution is -2.44. The summed E-state index contributed by atoms with van der Waals surface area (Å²) in [6.45, 7) is 10.5. The molecule has 0 saturated carbocycles. The fourth-order valence-electron chi connectivity index (χ4n) is 3.31. The SMILES string of the molecule is C.C.C.C[Si](C)(CCCOc1ccc(O)cc1)O[Si](C)(C)CCCOc1ccc(O)cc1.